The molecule has 1 N–H and O–H groups in total. The van der Waals surface area contributed by atoms with Crippen molar-refractivity contribution in [2.45, 2.75) is 322 Å². The number of rotatable bonds is 66. The smallest absolute Gasteiger partial charge is 0.361 e. The van der Waals surface area contributed by atoms with Gasteiger partial charge in [-0.25, -0.2) is 4.79 Å². The molecule has 9 heteroatoms. The lowest BCUT2D eigenvalue weighted by atomic mass is 10.0. The zero-order chi connectivity index (χ0) is 63.3. The zero-order valence-corrected chi connectivity index (χ0v) is 57.2. The summed E-state index contributed by atoms with van der Waals surface area (Å²) in [5.74, 6) is -2.00. The standard InChI is InChI=1S/C78H135NO8/c1-6-8-10-12-14-16-18-20-22-24-26-28-30-32-33-34-35-36-37-38-39-40-41-42-43-45-47-49-51-53-55-57-59-61-63-65-67-69-76(81)87-74(73-86-78(77(82)83)84-71-70-79(3,4)5)72-85-75(80)68-66-64-62-60-58-56-54-52-50-48-46-44-31-29-27-25-23-21-19-17-15-13-11-9-7-2/h8-11,14-17,20-23,26-29,32-33,74,78H,6-7,12-13,18-19,24-25,30-31,34-73H2,1-5H3/p+1/b10-8-,11-9-,16-14-,17-15-,22-20-,23-21-,28-26-,29-27-,33-32-. The van der Waals surface area contributed by atoms with Gasteiger partial charge in [-0.15, -0.1) is 0 Å². The average Bonchev–Trinajstić information content (AvgIpc) is 3.57. The van der Waals surface area contributed by atoms with Gasteiger partial charge in [-0.3, -0.25) is 9.59 Å². The lowest BCUT2D eigenvalue weighted by Crippen LogP contribution is -2.40. The van der Waals surface area contributed by atoms with Crippen LogP contribution in [0.5, 0.6) is 0 Å². The minimum absolute atomic E-state index is 0.184. The van der Waals surface area contributed by atoms with Gasteiger partial charge in [0.1, 0.15) is 13.2 Å². The molecule has 0 rings (SSSR count). The lowest BCUT2D eigenvalue weighted by molar-refractivity contribution is -0.870. The Morgan fingerprint density at radius 3 is 0.920 bits per heavy atom. The normalized spacial score (nSPS) is 13.3. The number of aliphatic carboxylic acids is 1. The molecule has 0 aromatic rings. The van der Waals surface area contributed by atoms with Crippen LogP contribution in [0.25, 0.3) is 0 Å². The third-order valence-electron chi connectivity index (χ3n) is 15.5. The van der Waals surface area contributed by atoms with E-state index < -0.39 is 24.3 Å². The summed E-state index contributed by atoms with van der Waals surface area (Å²) >= 11 is 0. The number of quaternary nitrogens is 1. The molecule has 0 saturated carbocycles. The maximum atomic E-state index is 13.0. The minimum atomic E-state index is -1.51. The van der Waals surface area contributed by atoms with E-state index in [4.69, 9.17) is 18.9 Å². The molecule has 0 aromatic heterocycles. The Morgan fingerprint density at radius 2 is 0.621 bits per heavy atom. The van der Waals surface area contributed by atoms with Crippen molar-refractivity contribution < 1.29 is 42.9 Å². The van der Waals surface area contributed by atoms with Crippen LogP contribution in [-0.4, -0.2) is 87.4 Å². The third-order valence-corrected chi connectivity index (χ3v) is 15.5. The monoisotopic (exact) mass is 1220 g/mol. The van der Waals surface area contributed by atoms with E-state index in [2.05, 4.69) is 123 Å². The second-order valence-electron chi connectivity index (χ2n) is 25.1. The van der Waals surface area contributed by atoms with Crippen LogP contribution >= 0.6 is 0 Å². The molecule has 0 aliphatic carbocycles. The zero-order valence-electron chi connectivity index (χ0n) is 57.2. The average molecular weight is 1220 g/mol. The first-order valence-corrected chi connectivity index (χ1v) is 36.1. The second kappa shape index (κ2) is 67.9. The quantitative estimate of drug-likeness (QED) is 0.0211. The number of carbonyl (C=O) groups excluding carboxylic acids is 2. The number of nitrogens with zero attached hydrogens (tertiary/aromatic N) is 1. The van der Waals surface area contributed by atoms with Crippen LogP contribution in [0.15, 0.2) is 109 Å². The van der Waals surface area contributed by atoms with E-state index >= 15 is 0 Å². The third kappa shape index (κ3) is 69.3. The number of allylic oxidation sites excluding steroid dienone is 18. The molecule has 9 nitrogen and oxygen atoms in total. The summed E-state index contributed by atoms with van der Waals surface area (Å²) in [6.07, 6.45) is 92.1. The van der Waals surface area contributed by atoms with E-state index in [1.165, 1.54) is 186 Å². The number of esters is 2. The molecule has 500 valence electrons. The Balaban J connectivity index is 4.05. The summed E-state index contributed by atoms with van der Waals surface area (Å²) < 4.78 is 23.0. The van der Waals surface area contributed by atoms with E-state index in [0.717, 1.165) is 96.3 Å². The number of carboxylic acids is 1. The highest BCUT2D eigenvalue weighted by Gasteiger charge is 2.25. The van der Waals surface area contributed by atoms with Gasteiger partial charge in [0.05, 0.1) is 34.4 Å². The van der Waals surface area contributed by atoms with Crippen molar-refractivity contribution in [1.29, 1.82) is 0 Å². The number of carboxylic acid groups (broad SMARTS) is 1. The number of likely N-dealkylation sites (N-methyl/N-ethyl adjacent to an activating group) is 1. The number of carbonyl (C=O) groups is 3. The largest absolute Gasteiger partial charge is 0.477 e. The van der Waals surface area contributed by atoms with Gasteiger partial charge in [-0.05, 0) is 96.3 Å². The summed E-state index contributed by atoms with van der Waals surface area (Å²) in [4.78, 5) is 37.6. The molecule has 2 atom stereocenters. The van der Waals surface area contributed by atoms with Crippen LogP contribution in [-0.2, 0) is 33.3 Å². The van der Waals surface area contributed by atoms with Crippen molar-refractivity contribution in [3.8, 4) is 0 Å². The fourth-order valence-electron chi connectivity index (χ4n) is 10.1. The van der Waals surface area contributed by atoms with Crippen molar-refractivity contribution in [3.05, 3.63) is 109 Å². The van der Waals surface area contributed by atoms with Crippen LogP contribution < -0.4 is 0 Å². The van der Waals surface area contributed by atoms with Crippen molar-refractivity contribution in [2.24, 2.45) is 0 Å². The molecule has 0 spiro atoms. The summed E-state index contributed by atoms with van der Waals surface area (Å²) in [6, 6.07) is 0. The van der Waals surface area contributed by atoms with E-state index in [0.29, 0.717) is 17.4 Å². The molecular formula is C78H136NO8+. The van der Waals surface area contributed by atoms with Crippen molar-refractivity contribution in [1.82, 2.24) is 0 Å². The van der Waals surface area contributed by atoms with Gasteiger partial charge in [0, 0.05) is 12.8 Å². The Labute approximate surface area is 536 Å². The predicted molar refractivity (Wildman–Crippen MR) is 373 cm³/mol. The SMILES string of the molecule is CC/C=C\C/C=C\C/C=C\C/C=C\C/C=C\CCCCCCCCCCCCCCCCCCCCCCCC(=O)OC(COC(=O)CCCCCCCCCCCCCC/C=C\C/C=C\C/C=C\C/C=C\CC)COC(OCC[N+](C)(C)C)C(=O)O. The molecule has 0 fully saturated rings. The highest BCUT2D eigenvalue weighted by molar-refractivity contribution is 5.71. The Morgan fingerprint density at radius 1 is 0.345 bits per heavy atom. The van der Waals surface area contributed by atoms with Gasteiger partial charge < -0.3 is 28.5 Å². The minimum Gasteiger partial charge on any atom is -0.477 e. The summed E-state index contributed by atoms with van der Waals surface area (Å²) in [6.45, 7) is 4.68. The molecular weight excluding hydrogens is 1080 g/mol. The van der Waals surface area contributed by atoms with Crippen LogP contribution in [0.2, 0.25) is 0 Å². The van der Waals surface area contributed by atoms with Gasteiger partial charge in [0.2, 0.25) is 0 Å². The van der Waals surface area contributed by atoms with Gasteiger partial charge in [-0.2, -0.15) is 0 Å². The summed E-state index contributed by atoms with van der Waals surface area (Å²) in [7, 11) is 5.98. The van der Waals surface area contributed by atoms with Crippen LogP contribution in [0.4, 0.5) is 0 Å². The highest BCUT2D eigenvalue weighted by atomic mass is 16.7. The summed E-state index contributed by atoms with van der Waals surface area (Å²) in [5, 5.41) is 9.75. The maximum Gasteiger partial charge on any atom is 0.361 e. The van der Waals surface area contributed by atoms with E-state index in [9.17, 15) is 19.5 Å². The molecule has 0 saturated heterocycles. The number of hydrogen-bond donors (Lipinski definition) is 1. The first-order chi connectivity index (χ1) is 42.6. The van der Waals surface area contributed by atoms with E-state index in [1.807, 2.05) is 21.1 Å². The summed E-state index contributed by atoms with van der Waals surface area (Å²) in [5.41, 5.74) is 0. The number of unbranched alkanes of at least 4 members (excludes halogenated alkanes) is 33. The molecule has 0 bridgehead atoms. The van der Waals surface area contributed by atoms with Gasteiger partial charge >= 0.3 is 17.9 Å². The molecule has 87 heavy (non-hydrogen) atoms. The first kappa shape index (κ1) is 83.0. The molecule has 0 aromatic carbocycles. The Kier molecular flexibility index (Phi) is 64.7. The number of ether oxygens (including phenoxy) is 4. The van der Waals surface area contributed by atoms with Crippen molar-refractivity contribution in [3.63, 3.8) is 0 Å². The first-order valence-electron chi connectivity index (χ1n) is 36.1. The molecule has 0 radical (unpaired) electrons. The van der Waals surface area contributed by atoms with Crippen molar-refractivity contribution >= 4 is 17.9 Å². The fourth-order valence-corrected chi connectivity index (χ4v) is 10.1. The van der Waals surface area contributed by atoms with Crippen LogP contribution in [0.1, 0.15) is 309 Å². The lowest BCUT2D eigenvalue weighted by Gasteiger charge is -2.25. The predicted octanol–water partition coefficient (Wildman–Crippen LogP) is 22.6. The second-order valence-corrected chi connectivity index (χ2v) is 25.1. The van der Waals surface area contributed by atoms with E-state index in [1.54, 1.807) is 0 Å². The van der Waals surface area contributed by atoms with Crippen LogP contribution in [0.3, 0.4) is 0 Å². The van der Waals surface area contributed by atoms with E-state index in [-0.39, 0.29) is 32.2 Å². The molecule has 2 unspecified atom stereocenters. The van der Waals surface area contributed by atoms with Gasteiger partial charge in [0.15, 0.2) is 6.10 Å². The van der Waals surface area contributed by atoms with Gasteiger partial charge in [0.25, 0.3) is 6.29 Å². The molecule has 0 aliphatic rings. The fraction of sp³-hybridized carbons (Fsp3) is 0.731. The maximum absolute atomic E-state index is 13.0. The van der Waals surface area contributed by atoms with Crippen molar-refractivity contribution in [2.75, 3.05) is 47.5 Å². The Bertz CT molecular complexity index is 1800. The molecule has 0 amide bonds. The topological polar surface area (TPSA) is 108 Å². The van der Waals surface area contributed by atoms with Gasteiger partial charge in [-0.1, -0.05) is 309 Å². The number of hydrogen-bond acceptors (Lipinski definition) is 7. The van der Waals surface area contributed by atoms with Crippen LogP contribution in [0, 0.1) is 0 Å². The molecule has 0 aliphatic heterocycles. The highest BCUT2D eigenvalue weighted by Crippen LogP contribution is 2.18. The Hall–Kier alpha value is -4.05. The molecule has 0 heterocycles.